The Morgan fingerprint density at radius 2 is 1.90 bits per heavy atom. The molecule has 6 nitrogen and oxygen atoms in total. The first-order chi connectivity index (χ1) is 9.48. The van der Waals surface area contributed by atoms with Crippen molar-refractivity contribution in [3.05, 3.63) is 41.6 Å². The molecule has 1 aliphatic rings. The number of aromatic nitrogens is 2. The van der Waals surface area contributed by atoms with Gasteiger partial charge in [-0.3, -0.25) is 13.8 Å². The van der Waals surface area contributed by atoms with Crippen molar-refractivity contribution in [1.29, 1.82) is 0 Å². The Labute approximate surface area is 116 Å². The van der Waals surface area contributed by atoms with Gasteiger partial charge in [-0.1, -0.05) is 12.1 Å². The number of benzene rings is 1. The molecule has 0 atom stereocenters. The second-order valence-electron chi connectivity index (χ2n) is 4.50. The van der Waals surface area contributed by atoms with Crippen LogP contribution in [0.4, 0.5) is 5.69 Å². The highest BCUT2D eigenvalue weighted by molar-refractivity contribution is 7.92. The van der Waals surface area contributed by atoms with Gasteiger partial charge in [0.25, 0.3) is 10.0 Å². The number of aryl methyl sites for hydroxylation is 1. The first kappa shape index (κ1) is 12.9. The van der Waals surface area contributed by atoms with E-state index in [2.05, 4.69) is 5.10 Å². The summed E-state index contributed by atoms with van der Waals surface area (Å²) in [5, 5.41) is 3.96. The summed E-state index contributed by atoms with van der Waals surface area (Å²) < 4.78 is 27.8. The highest BCUT2D eigenvalue weighted by Gasteiger charge is 2.37. The predicted molar refractivity (Wildman–Crippen MR) is 73.4 cm³/mol. The fourth-order valence-corrected chi connectivity index (χ4v) is 3.92. The average Bonchev–Trinajstić information content (AvgIpc) is 2.87. The lowest BCUT2D eigenvalue weighted by Gasteiger charge is -2.19. The maximum Gasteiger partial charge on any atom is 0.282 e. The second kappa shape index (κ2) is 4.17. The minimum absolute atomic E-state index is 0.0382. The van der Waals surface area contributed by atoms with E-state index in [1.165, 1.54) is 17.9 Å². The van der Waals surface area contributed by atoms with Gasteiger partial charge < -0.3 is 0 Å². The molecular formula is C13H13N3O3S. The van der Waals surface area contributed by atoms with Crippen LogP contribution in [0.1, 0.15) is 22.8 Å². The third-order valence-electron chi connectivity index (χ3n) is 3.43. The van der Waals surface area contributed by atoms with Crippen molar-refractivity contribution in [3.8, 4) is 0 Å². The molecule has 7 heteroatoms. The maximum atomic E-state index is 12.7. The van der Waals surface area contributed by atoms with E-state index >= 15 is 0 Å². The van der Waals surface area contributed by atoms with E-state index in [0.717, 1.165) is 4.31 Å². The summed E-state index contributed by atoms with van der Waals surface area (Å²) in [4.78, 5) is 12.5. The van der Waals surface area contributed by atoms with Crippen molar-refractivity contribution < 1.29 is 13.2 Å². The summed E-state index contributed by atoms with van der Waals surface area (Å²) >= 11 is 0. The molecule has 0 saturated carbocycles. The van der Waals surface area contributed by atoms with E-state index in [1.54, 1.807) is 31.2 Å². The van der Waals surface area contributed by atoms with Crippen LogP contribution in [-0.2, 0) is 16.6 Å². The molecule has 0 aliphatic carbocycles. The summed E-state index contributed by atoms with van der Waals surface area (Å²) in [5.41, 5.74) is 0.882. The van der Waals surface area contributed by atoms with Gasteiger partial charge in [0.1, 0.15) is 0 Å². The van der Waals surface area contributed by atoms with E-state index in [-0.39, 0.29) is 16.4 Å². The standard InChI is InChI=1S/C13H13N3O3S/c1-3-16-13-10(8-14-16)12(17)9-6-4-5-7-11(9)15(2)20(13,18)19/h4-8H,3H2,1-2H3. The van der Waals surface area contributed by atoms with Crippen LogP contribution in [0.25, 0.3) is 0 Å². The van der Waals surface area contributed by atoms with Gasteiger partial charge in [0, 0.05) is 19.2 Å². The van der Waals surface area contributed by atoms with Crippen molar-refractivity contribution in [1.82, 2.24) is 9.78 Å². The zero-order valence-electron chi connectivity index (χ0n) is 11.1. The van der Waals surface area contributed by atoms with Crippen molar-refractivity contribution in [2.24, 2.45) is 0 Å². The van der Waals surface area contributed by atoms with Crippen molar-refractivity contribution in [3.63, 3.8) is 0 Å². The van der Waals surface area contributed by atoms with Crippen LogP contribution in [0.5, 0.6) is 0 Å². The van der Waals surface area contributed by atoms with Crippen molar-refractivity contribution >= 4 is 21.5 Å². The van der Waals surface area contributed by atoms with Gasteiger partial charge in [-0.25, -0.2) is 0 Å². The van der Waals surface area contributed by atoms with Gasteiger partial charge in [-0.2, -0.15) is 13.5 Å². The Hall–Kier alpha value is -2.15. The molecule has 0 spiro atoms. The summed E-state index contributed by atoms with van der Waals surface area (Å²) in [5.74, 6) is -0.316. The number of hydrogen-bond donors (Lipinski definition) is 0. The number of ketones is 1. The number of carbonyl (C=O) groups is 1. The molecule has 1 aromatic carbocycles. The highest BCUT2D eigenvalue weighted by Crippen LogP contribution is 2.33. The fraction of sp³-hybridized carbons (Fsp3) is 0.231. The first-order valence-corrected chi connectivity index (χ1v) is 7.61. The summed E-state index contributed by atoms with van der Waals surface area (Å²) in [6.07, 6.45) is 1.33. The lowest BCUT2D eigenvalue weighted by Crippen LogP contribution is -2.28. The summed E-state index contributed by atoms with van der Waals surface area (Å²) in [6, 6.07) is 6.68. The molecule has 1 aliphatic heterocycles. The van der Waals surface area contributed by atoms with Crippen LogP contribution in [0.3, 0.4) is 0 Å². The summed E-state index contributed by atoms with van der Waals surface area (Å²) in [7, 11) is -2.34. The Morgan fingerprint density at radius 1 is 1.20 bits per heavy atom. The number of nitrogens with zero attached hydrogens (tertiary/aromatic N) is 3. The predicted octanol–water partition coefficient (Wildman–Crippen LogP) is 1.27. The van der Waals surface area contributed by atoms with Crippen molar-refractivity contribution in [2.75, 3.05) is 11.4 Å². The molecule has 0 radical (unpaired) electrons. The van der Waals surface area contributed by atoms with Crippen LogP contribution in [0.2, 0.25) is 0 Å². The molecule has 0 amide bonds. The Balaban J connectivity index is 2.42. The lowest BCUT2D eigenvalue weighted by atomic mass is 10.0. The fourth-order valence-electron chi connectivity index (χ4n) is 2.37. The molecule has 3 rings (SSSR count). The number of anilines is 1. The third-order valence-corrected chi connectivity index (χ3v) is 5.27. The van der Waals surface area contributed by atoms with Gasteiger partial charge >= 0.3 is 0 Å². The van der Waals surface area contributed by atoms with Crippen LogP contribution in [-0.4, -0.2) is 31.0 Å². The highest BCUT2D eigenvalue weighted by atomic mass is 32.2. The minimum Gasteiger partial charge on any atom is -0.288 e. The van der Waals surface area contributed by atoms with Gasteiger partial charge in [0.2, 0.25) is 0 Å². The van der Waals surface area contributed by atoms with E-state index in [1.807, 2.05) is 0 Å². The van der Waals surface area contributed by atoms with Crippen LogP contribution in [0.15, 0.2) is 35.5 Å². The number of sulfonamides is 1. The first-order valence-electron chi connectivity index (χ1n) is 6.17. The zero-order valence-corrected chi connectivity index (χ0v) is 11.9. The number of hydrogen-bond acceptors (Lipinski definition) is 4. The molecule has 0 N–H and O–H groups in total. The SMILES string of the molecule is CCn1ncc2c1S(=O)(=O)N(C)c1ccccc1C2=O. The smallest absolute Gasteiger partial charge is 0.282 e. The normalized spacial score (nSPS) is 16.5. The topological polar surface area (TPSA) is 72.3 Å². The third kappa shape index (κ3) is 1.53. The van der Waals surface area contributed by atoms with E-state index in [9.17, 15) is 13.2 Å². The molecule has 2 aromatic rings. The number of rotatable bonds is 1. The van der Waals surface area contributed by atoms with Crippen molar-refractivity contribution in [2.45, 2.75) is 18.5 Å². The molecule has 104 valence electrons. The Morgan fingerprint density at radius 3 is 2.60 bits per heavy atom. The van der Waals surface area contributed by atoms with Crippen LogP contribution in [0, 0.1) is 0 Å². The molecule has 0 bridgehead atoms. The van der Waals surface area contributed by atoms with Gasteiger partial charge in [-0.15, -0.1) is 0 Å². The molecule has 2 heterocycles. The second-order valence-corrected chi connectivity index (χ2v) is 6.38. The van der Waals surface area contributed by atoms with E-state index in [4.69, 9.17) is 0 Å². The molecule has 1 aromatic heterocycles. The van der Waals surface area contributed by atoms with Gasteiger partial charge in [-0.05, 0) is 19.1 Å². The number of para-hydroxylation sites is 1. The summed E-state index contributed by atoms with van der Waals surface area (Å²) in [6.45, 7) is 2.16. The quantitative estimate of drug-likeness (QED) is 0.793. The molecule has 0 saturated heterocycles. The number of carbonyl (C=O) groups excluding carboxylic acids is 1. The molecule has 0 fully saturated rings. The van der Waals surface area contributed by atoms with Crippen LogP contribution >= 0.6 is 0 Å². The monoisotopic (exact) mass is 291 g/mol. The Bertz CT molecular complexity index is 808. The van der Waals surface area contributed by atoms with E-state index < -0.39 is 10.0 Å². The Kier molecular flexibility index (Phi) is 2.68. The largest absolute Gasteiger partial charge is 0.288 e. The van der Waals surface area contributed by atoms with Gasteiger partial charge in [0.15, 0.2) is 10.8 Å². The van der Waals surface area contributed by atoms with Gasteiger partial charge in [0.05, 0.1) is 17.4 Å². The minimum atomic E-state index is -3.79. The lowest BCUT2D eigenvalue weighted by molar-refractivity contribution is 0.103. The molecule has 0 unspecified atom stereocenters. The number of fused-ring (bicyclic) bond motifs is 2. The maximum absolute atomic E-state index is 12.7. The van der Waals surface area contributed by atoms with Crippen LogP contribution < -0.4 is 4.31 Å². The molecular weight excluding hydrogens is 278 g/mol. The van der Waals surface area contributed by atoms with E-state index in [0.29, 0.717) is 17.8 Å². The zero-order chi connectivity index (χ0) is 14.5. The average molecular weight is 291 g/mol. The molecule has 20 heavy (non-hydrogen) atoms.